The minimum atomic E-state index is -3.71. The Morgan fingerprint density at radius 2 is 1.80 bits per heavy atom. The van der Waals surface area contributed by atoms with Crippen molar-refractivity contribution in [1.82, 2.24) is 19.3 Å². The fourth-order valence-corrected chi connectivity index (χ4v) is 4.18. The fourth-order valence-electron chi connectivity index (χ4n) is 3.08. The third-order valence-corrected chi connectivity index (χ3v) is 6.30. The fraction of sp³-hybridized carbons (Fsp3) is 0.143. The molecular formula is C21H19ClN4O3S. The summed E-state index contributed by atoms with van der Waals surface area (Å²) in [7, 11) is -2.09. The predicted octanol–water partition coefficient (Wildman–Crippen LogP) is 3.62. The second kappa shape index (κ2) is 8.43. The maximum absolute atomic E-state index is 12.7. The number of hydrogen-bond acceptors (Lipinski definition) is 5. The van der Waals surface area contributed by atoms with Crippen molar-refractivity contribution in [3.63, 3.8) is 0 Å². The van der Waals surface area contributed by atoms with E-state index < -0.39 is 10.0 Å². The monoisotopic (exact) mass is 442 g/mol. The average Bonchev–Trinajstić information content (AvgIpc) is 3.11. The SMILES string of the molecule is COc1ccc(Cn2c(CNS(=O)(=O)c3ccc(Cl)cc3)nc3cccnc32)cc1. The Morgan fingerprint density at radius 1 is 1.07 bits per heavy atom. The molecule has 0 spiro atoms. The number of fused-ring (bicyclic) bond motifs is 1. The third kappa shape index (κ3) is 4.30. The van der Waals surface area contributed by atoms with Gasteiger partial charge in [0, 0.05) is 11.2 Å². The van der Waals surface area contributed by atoms with Crippen LogP contribution in [0.2, 0.25) is 5.02 Å². The topological polar surface area (TPSA) is 86.1 Å². The van der Waals surface area contributed by atoms with Gasteiger partial charge in [-0.1, -0.05) is 23.7 Å². The second-order valence-electron chi connectivity index (χ2n) is 6.59. The van der Waals surface area contributed by atoms with E-state index in [2.05, 4.69) is 14.7 Å². The molecule has 0 amide bonds. The van der Waals surface area contributed by atoms with E-state index in [1.807, 2.05) is 34.9 Å². The molecule has 0 saturated heterocycles. The lowest BCUT2D eigenvalue weighted by Gasteiger charge is -2.11. The highest BCUT2D eigenvalue weighted by Gasteiger charge is 2.17. The molecule has 0 aliphatic heterocycles. The van der Waals surface area contributed by atoms with Gasteiger partial charge in [0.15, 0.2) is 5.65 Å². The zero-order chi connectivity index (χ0) is 21.1. The first-order valence-corrected chi connectivity index (χ1v) is 11.0. The van der Waals surface area contributed by atoms with Gasteiger partial charge < -0.3 is 9.30 Å². The van der Waals surface area contributed by atoms with Crippen LogP contribution in [0, 0.1) is 0 Å². The van der Waals surface area contributed by atoms with Gasteiger partial charge >= 0.3 is 0 Å². The Labute approximate surface area is 179 Å². The molecule has 1 N–H and O–H groups in total. The van der Waals surface area contributed by atoms with Gasteiger partial charge in [0.05, 0.1) is 25.1 Å². The highest BCUT2D eigenvalue weighted by Crippen LogP contribution is 2.19. The van der Waals surface area contributed by atoms with E-state index in [4.69, 9.17) is 16.3 Å². The number of sulfonamides is 1. The van der Waals surface area contributed by atoms with Gasteiger partial charge in [0.2, 0.25) is 10.0 Å². The number of nitrogens with one attached hydrogen (secondary N) is 1. The molecule has 0 atom stereocenters. The van der Waals surface area contributed by atoms with Crippen LogP contribution >= 0.6 is 11.6 Å². The third-order valence-electron chi connectivity index (χ3n) is 4.63. The lowest BCUT2D eigenvalue weighted by molar-refractivity contribution is 0.414. The van der Waals surface area contributed by atoms with Gasteiger partial charge in [-0.25, -0.2) is 23.1 Å². The van der Waals surface area contributed by atoms with Crippen molar-refractivity contribution in [3.05, 3.63) is 83.3 Å². The van der Waals surface area contributed by atoms with Crippen molar-refractivity contribution in [2.75, 3.05) is 7.11 Å². The standard InChI is InChI=1S/C21H19ClN4O3S/c1-29-17-8-4-15(5-9-17)14-26-20(25-19-3-2-12-23-21(19)26)13-24-30(27,28)18-10-6-16(22)7-11-18/h2-12,24H,13-14H2,1H3. The summed E-state index contributed by atoms with van der Waals surface area (Å²) < 4.78 is 35.0. The van der Waals surface area contributed by atoms with Crippen LogP contribution < -0.4 is 9.46 Å². The van der Waals surface area contributed by atoms with E-state index in [0.717, 1.165) is 11.3 Å². The molecule has 9 heteroatoms. The second-order valence-corrected chi connectivity index (χ2v) is 8.79. The molecule has 0 fully saturated rings. The molecule has 0 unspecified atom stereocenters. The van der Waals surface area contributed by atoms with Crippen LogP contribution in [0.1, 0.15) is 11.4 Å². The molecule has 2 heterocycles. The summed E-state index contributed by atoms with van der Waals surface area (Å²) in [4.78, 5) is 9.15. The van der Waals surface area contributed by atoms with Crippen LogP contribution in [0.4, 0.5) is 0 Å². The van der Waals surface area contributed by atoms with Crippen molar-refractivity contribution in [2.45, 2.75) is 18.0 Å². The summed E-state index contributed by atoms with van der Waals surface area (Å²) in [5.41, 5.74) is 2.41. The van der Waals surface area contributed by atoms with Crippen LogP contribution in [0.15, 0.2) is 71.8 Å². The van der Waals surface area contributed by atoms with Crippen molar-refractivity contribution in [1.29, 1.82) is 0 Å². The van der Waals surface area contributed by atoms with Gasteiger partial charge in [-0.05, 0) is 54.1 Å². The van der Waals surface area contributed by atoms with E-state index in [-0.39, 0.29) is 11.4 Å². The summed E-state index contributed by atoms with van der Waals surface area (Å²) in [5.74, 6) is 1.33. The highest BCUT2D eigenvalue weighted by atomic mass is 35.5. The van der Waals surface area contributed by atoms with Crippen LogP contribution in [0.25, 0.3) is 11.2 Å². The zero-order valence-corrected chi connectivity index (χ0v) is 17.7. The van der Waals surface area contributed by atoms with Gasteiger partial charge in [0.1, 0.15) is 17.1 Å². The predicted molar refractivity (Wildman–Crippen MR) is 115 cm³/mol. The lowest BCUT2D eigenvalue weighted by Crippen LogP contribution is -2.25. The Bertz CT molecular complexity index is 1270. The summed E-state index contributed by atoms with van der Waals surface area (Å²) in [6, 6.07) is 17.3. The van der Waals surface area contributed by atoms with Gasteiger partial charge in [-0.15, -0.1) is 0 Å². The molecule has 4 aromatic rings. The average molecular weight is 443 g/mol. The first-order chi connectivity index (χ1) is 14.5. The number of rotatable bonds is 7. The summed E-state index contributed by atoms with van der Waals surface area (Å²) in [5, 5.41) is 0.473. The summed E-state index contributed by atoms with van der Waals surface area (Å²) >= 11 is 5.85. The van der Waals surface area contributed by atoms with E-state index >= 15 is 0 Å². The molecule has 0 radical (unpaired) electrons. The van der Waals surface area contributed by atoms with E-state index in [1.165, 1.54) is 12.1 Å². The summed E-state index contributed by atoms with van der Waals surface area (Å²) in [6.07, 6.45) is 1.69. The molecule has 7 nitrogen and oxygen atoms in total. The van der Waals surface area contributed by atoms with Gasteiger partial charge in [-0.3, -0.25) is 0 Å². The van der Waals surface area contributed by atoms with Crippen molar-refractivity contribution >= 4 is 32.8 Å². The first-order valence-electron chi connectivity index (χ1n) is 9.14. The van der Waals surface area contributed by atoms with Crippen LogP contribution in [0.3, 0.4) is 0 Å². The largest absolute Gasteiger partial charge is 0.497 e. The van der Waals surface area contributed by atoms with Crippen molar-refractivity contribution < 1.29 is 13.2 Å². The van der Waals surface area contributed by atoms with Crippen LogP contribution in [-0.4, -0.2) is 30.1 Å². The molecule has 0 aliphatic rings. The molecule has 0 saturated carbocycles. The molecule has 2 aromatic carbocycles. The lowest BCUT2D eigenvalue weighted by atomic mass is 10.2. The number of aromatic nitrogens is 3. The first kappa shape index (κ1) is 20.3. The summed E-state index contributed by atoms with van der Waals surface area (Å²) in [6.45, 7) is 0.521. The van der Waals surface area contributed by atoms with E-state index in [0.29, 0.717) is 28.6 Å². The Kier molecular flexibility index (Phi) is 5.72. The maximum Gasteiger partial charge on any atom is 0.240 e. The molecule has 0 aliphatic carbocycles. The number of methoxy groups -OCH3 is 1. The van der Waals surface area contributed by atoms with Gasteiger partial charge in [-0.2, -0.15) is 0 Å². The normalized spacial score (nSPS) is 11.7. The van der Waals surface area contributed by atoms with Gasteiger partial charge in [0.25, 0.3) is 0 Å². The number of ether oxygens (including phenoxy) is 1. The zero-order valence-electron chi connectivity index (χ0n) is 16.1. The highest BCUT2D eigenvalue weighted by molar-refractivity contribution is 7.89. The minimum Gasteiger partial charge on any atom is -0.497 e. The Morgan fingerprint density at radius 3 is 2.50 bits per heavy atom. The number of benzene rings is 2. The molecule has 154 valence electrons. The van der Waals surface area contributed by atoms with Crippen molar-refractivity contribution in [3.8, 4) is 5.75 Å². The smallest absolute Gasteiger partial charge is 0.240 e. The quantitative estimate of drug-likeness (QED) is 0.472. The molecule has 4 rings (SSSR count). The Hall–Kier alpha value is -2.94. The van der Waals surface area contributed by atoms with E-state index in [1.54, 1.807) is 31.5 Å². The minimum absolute atomic E-state index is 0.0253. The maximum atomic E-state index is 12.7. The number of halogens is 1. The molecular weight excluding hydrogens is 424 g/mol. The van der Waals surface area contributed by atoms with Crippen molar-refractivity contribution in [2.24, 2.45) is 0 Å². The number of pyridine rings is 1. The Balaban J connectivity index is 1.63. The number of nitrogens with zero attached hydrogens (tertiary/aromatic N) is 3. The molecule has 0 bridgehead atoms. The van der Waals surface area contributed by atoms with Crippen LogP contribution in [0.5, 0.6) is 5.75 Å². The van der Waals surface area contributed by atoms with Crippen LogP contribution in [-0.2, 0) is 23.1 Å². The molecule has 30 heavy (non-hydrogen) atoms. The molecule has 2 aromatic heterocycles. The number of imidazole rings is 1. The number of hydrogen-bond donors (Lipinski definition) is 1. The van der Waals surface area contributed by atoms with E-state index in [9.17, 15) is 8.42 Å².